The molecule has 0 aromatic heterocycles. The highest BCUT2D eigenvalue weighted by Gasteiger charge is 2.40. The highest BCUT2D eigenvalue weighted by Crippen LogP contribution is 2.42. The number of anilines is 2. The molecule has 0 bridgehead atoms. The quantitative estimate of drug-likeness (QED) is 0.386. The van der Waals surface area contributed by atoms with Crippen LogP contribution in [-0.2, 0) is 16.0 Å². The van der Waals surface area contributed by atoms with Gasteiger partial charge in [-0.05, 0) is 48.4 Å². The second-order valence-electron chi connectivity index (χ2n) is 7.17. The van der Waals surface area contributed by atoms with Gasteiger partial charge in [0.2, 0.25) is 5.91 Å². The lowest BCUT2D eigenvalue weighted by molar-refractivity contribution is -0.117. The van der Waals surface area contributed by atoms with E-state index in [9.17, 15) is 19.2 Å². The predicted molar refractivity (Wildman–Crippen MR) is 128 cm³/mol. The zero-order chi connectivity index (χ0) is 23.4. The van der Waals surface area contributed by atoms with E-state index in [1.165, 1.54) is 17.0 Å². The smallest absolute Gasteiger partial charge is 0.269 e. The van der Waals surface area contributed by atoms with Gasteiger partial charge in [-0.15, -0.1) is 0 Å². The molecule has 1 atom stereocenters. The number of para-hydroxylation sites is 2. The molecule has 8 heteroatoms. The Morgan fingerprint density at radius 3 is 2.39 bits per heavy atom. The third-order valence-electron chi connectivity index (χ3n) is 4.98. The molecule has 0 spiro atoms. The average molecular weight is 478 g/mol. The molecule has 1 saturated heterocycles. The first-order valence-corrected chi connectivity index (χ1v) is 11.2. The van der Waals surface area contributed by atoms with Crippen LogP contribution in [0.1, 0.15) is 5.56 Å². The van der Waals surface area contributed by atoms with Crippen LogP contribution in [0.25, 0.3) is 0 Å². The van der Waals surface area contributed by atoms with E-state index in [2.05, 4.69) is 5.32 Å². The van der Waals surface area contributed by atoms with Crippen LogP contribution in [0.5, 0.6) is 0 Å². The molecule has 0 aliphatic carbocycles. The number of rotatable bonds is 5. The van der Waals surface area contributed by atoms with E-state index in [1.54, 1.807) is 60.7 Å². The third kappa shape index (κ3) is 4.92. The Bertz CT molecular complexity index is 1270. The summed E-state index contributed by atoms with van der Waals surface area (Å²) in [4.78, 5) is 27.8. The van der Waals surface area contributed by atoms with Gasteiger partial charge in [-0.3, -0.25) is 14.5 Å². The minimum absolute atomic E-state index is 0.196. The Morgan fingerprint density at radius 1 is 1.06 bits per heavy atom. The summed E-state index contributed by atoms with van der Waals surface area (Å²) in [6.07, 6.45) is 0.321. The Labute approximate surface area is 199 Å². The van der Waals surface area contributed by atoms with Crippen molar-refractivity contribution < 1.29 is 14.0 Å². The highest BCUT2D eigenvalue weighted by molar-refractivity contribution is 8.05. The van der Waals surface area contributed by atoms with Crippen molar-refractivity contribution in [3.8, 4) is 6.07 Å². The summed E-state index contributed by atoms with van der Waals surface area (Å²) in [5, 5.41) is 12.5. The van der Waals surface area contributed by atoms with Crippen LogP contribution in [-0.4, -0.2) is 17.1 Å². The molecular weight excluding hydrogens is 461 g/mol. The van der Waals surface area contributed by atoms with Gasteiger partial charge in [0, 0.05) is 5.69 Å². The molecule has 2 amide bonds. The van der Waals surface area contributed by atoms with Crippen molar-refractivity contribution in [2.45, 2.75) is 11.7 Å². The van der Waals surface area contributed by atoms with Gasteiger partial charge in [-0.2, -0.15) is 5.26 Å². The van der Waals surface area contributed by atoms with Gasteiger partial charge >= 0.3 is 0 Å². The second-order valence-corrected chi connectivity index (χ2v) is 8.77. The fourth-order valence-electron chi connectivity index (χ4n) is 3.38. The van der Waals surface area contributed by atoms with E-state index in [1.807, 2.05) is 12.1 Å². The Balaban J connectivity index is 1.72. The average Bonchev–Trinajstić information content (AvgIpc) is 3.13. The van der Waals surface area contributed by atoms with E-state index < -0.39 is 11.2 Å². The molecular formula is C25H17ClFN3O2S. The number of halogens is 2. The predicted octanol–water partition coefficient (Wildman–Crippen LogP) is 5.54. The lowest BCUT2D eigenvalue weighted by atomic mass is 10.1. The van der Waals surface area contributed by atoms with Crippen molar-refractivity contribution in [1.82, 2.24) is 0 Å². The summed E-state index contributed by atoms with van der Waals surface area (Å²) in [7, 11) is 0. The standard InChI is InChI=1S/C25H17ClFN3O2S/c26-20-8-4-5-9-21(20)29-23(31)19(15-28)25-30(18-6-2-1-3-7-18)24(32)22(33-25)14-16-10-12-17(27)13-11-16/h1-13,22H,14H2,(H,29,31)/b25-19-/t22-/m1/s1. The van der Waals surface area contributed by atoms with Crippen molar-refractivity contribution in [3.63, 3.8) is 0 Å². The van der Waals surface area contributed by atoms with E-state index in [0.717, 1.165) is 17.3 Å². The largest absolute Gasteiger partial charge is 0.320 e. The number of hydrogen-bond donors (Lipinski definition) is 1. The summed E-state index contributed by atoms with van der Waals surface area (Å²) in [6, 6.07) is 23.4. The van der Waals surface area contributed by atoms with Gasteiger partial charge < -0.3 is 5.32 Å². The minimum Gasteiger partial charge on any atom is -0.320 e. The fraction of sp³-hybridized carbons (Fsp3) is 0.0800. The molecule has 164 valence electrons. The summed E-state index contributed by atoms with van der Waals surface area (Å²) < 4.78 is 13.3. The SMILES string of the molecule is N#C/C(C(=O)Nc1ccccc1Cl)=C1/S[C@H](Cc2ccc(F)cc2)C(=O)N1c1ccccc1. The van der Waals surface area contributed by atoms with Gasteiger partial charge in [-0.25, -0.2) is 4.39 Å². The van der Waals surface area contributed by atoms with Crippen LogP contribution in [0.3, 0.4) is 0 Å². The molecule has 5 nitrogen and oxygen atoms in total. The van der Waals surface area contributed by atoms with Gasteiger partial charge in [0.15, 0.2) is 0 Å². The first kappa shape index (κ1) is 22.6. The summed E-state index contributed by atoms with van der Waals surface area (Å²) in [5.41, 5.74) is 1.49. The molecule has 1 N–H and O–H groups in total. The molecule has 1 fully saturated rings. The van der Waals surface area contributed by atoms with Gasteiger partial charge in [0.05, 0.1) is 16.0 Å². The summed E-state index contributed by atoms with van der Waals surface area (Å²) in [6.45, 7) is 0. The number of nitrogens with one attached hydrogen (secondary N) is 1. The minimum atomic E-state index is -0.663. The Morgan fingerprint density at radius 2 is 1.73 bits per heavy atom. The summed E-state index contributed by atoms with van der Waals surface area (Å²) in [5.74, 6) is -1.29. The lowest BCUT2D eigenvalue weighted by Gasteiger charge is -2.18. The normalized spacial score (nSPS) is 16.9. The van der Waals surface area contributed by atoms with Crippen molar-refractivity contribution >= 4 is 46.6 Å². The van der Waals surface area contributed by atoms with Gasteiger partial charge in [0.25, 0.3) is 5.91 Å². The van der Waals surface area contributed by atoms with Crippen LogP contribution in [0.2, 0.25) is 5.02 Å². The molecule has 0 saturated carbocycles. The third-order valence-corrected chi connectivity index (χ3v) is 6.57. The lowest BCUT2D eigenvalue weighted by Crippen LogP contribution is -2.30. The number of nitrogens with zero attached hydrogens (tertiary/aromatic N) is 2. The fourth-order valence-corrected chi connectivity index (χ4v) is 4.87. The number of benzene rings is 3. The van der Waals surface area contributed by atoms with Crippen LogP contribution in [0, 0.1) is 17.1 Å². The zero-order valence-electron chi connectivity index (χ0n) is 17.2. The van der Waals surface area contributed by atoms with Crippen LogP contribution in [0.4, 0.5) is 15.8 Å². The maximum atomic E-state index is 13.4. The highest BCUT2D eigenvalue weighted by atomic mass is 35.5. The number of carbonyl (C=O) groups excluding carboxylic acids is 2. The number of nitriles is 1. The first-order chi connectivity index (χ1) is 16.0. The van der Waals surface area contributed by atoms with Crippen molar-refractivity contribution in [2.75, 3.05) is 10.2 Å². The maximum Gasteiger partial charge on any atom is 0.269 e. The van der Waals surface area contributed by atoms with Crippen LogP contribution >= 0.6 is 23.4 Å². The van der Waals surface area contributed by atoms with E-state index in [-0.39, 0.29) is 22.3 Å². The van der Waals surface area contributed by atoms with Crippen molar-refractivity contribution in [3.05, 3.63) is 106 Å². The van der Waals surface area contributed by atoms with E-state index >= 15 is 0 Å². The molecule has 0 unspecified atom stereocenters. The molecule has 3 aromatic carbocycles. The van der Waals surface area contributed by atoms with Crippen LogP contribution < -0.4 is 10.2 Å². The van der Waals surface area contributed by atoms with Crippen molar-refractivity contribution in [1.29, 1.82) is 5.26 Å². The number of carbonyl (C=O) groups is 2. The molecule has 1 aliphatic rings. The zero-order valence-corrected chi connectivity index (χ0v) is 18.7. The maximum absolute atomic E-state index is 13.4. The monoisotopic (exact) mass is 477 g/mol. The summed E-state index contributed by atoms with van der Waals surface area (Å²) >= 11 is 7.28. The van der Waals surface area contributed by atoms with Crippen molar-refractivity contribution in [2.24, 2.45) is 0 Å². The van der Waals surface area contributed by atoms with Gasteiger partial charge in [-0.1, -0.05) is 65.8 Å². The molecule has 1 heterocycles. The van der Waals surface area contributed by atoms with E-state index in [4.69, 9.17) is 11.6 Å². The van der Waals surface area contributed by atoms with E-state index in [0.29, 0.717) is 22.8 Å². The first-order valence-electron chi connectivity index (χ1n) is 9.98. The molecule has 4 rings (SSSR count). The number of amides is 2. The molecule has 0 radical (unpaired) electrons. The molecule has 1 aliphatic heterocycles. The molecule has 3 aromatic rings. The Kier molecular flexibility index (Phi) is 6.78. The van der Waals surface area contributed by atoms with Gasteiger partial charge in [0.1, 0.15) is 22.5 Å². The number of thioether (sulfide) groups is 1. The Hall–Kier alpha value is -3.60. The van der Waals surface area contributed by atoms with Crippen LogP contribution in [0.15, 0.2) is 89.5 Å². The molecule has 33 heavy (non-hydrogen) atoms. The number of hydrogen-bond acceptors (Lipinski definition) is 4. The second kappa shape index (κ2) is 9.90. The topological polar surface area (TPSA) is 73.2 Å².